The lowest BCUT2D eigenvalue weighted by molar-refractivity contribution is -0.199. The van der Waals surface area contributed by atoms with Gasteiger partial charge >= 0.3 is 5.97 Å². The molecule has 126 valence electrons. The Morgan fingerprint density at radius 1 is 1.57 bits per heavy atom. The second-order valence-corrected chi connectivity index (χ2v) is 6.44. The molecule has 3 aliphatic heterocycles. The predicted molar refractivity (Wildman–Crippen MR) is 81.8 cm³/mol. The summed E-state index contributed by atoms with van der Waals surface area (Å²) in [5.74, 6) is -1.38. The molecule has 0 amide bonds. The molecule has 4 N–H and O–H groups in total. The SMILES string of the molecule is CC1(S)N=CN=C2C1=NCN2[C@]1(C(=O)O)O[C@H](CO)[C@@H](O)[C@H]1O. The number of thiol groups is 1. The van der Waals surface area contributed by atoms with Gasteiger partial charge in [-0.25, -0.2) is 14.8 Å². The van der Waals surface area contributed by atoms with Gasteiger partial charge in [-0.05, 0) is 6.92 Å². The number of hydrogen-bond acceptors (Lipinski definition) is 10. The maximum absolute atomic E-state index is 11.9. The van der Waals surface area contributed by atoms with Crippen molar-refractivity contribution < 1.29 is 30.0 Å². The van der Waals surface area contributed by atoms with E-state index >= 15 is 0 Å². The maximum atomic E-state index is 11.9. The normalized spacial score (nSPS) is 42.5. The van der Waals surface area contributed by atoms with Crippen LogP contribution in [0.5, 0.6) is 0 Å². The largest absolute Gasteiger partial charge is 0.478 e. The summed E-state index contributed by atoms with van der Waals surface area (Å²) in [4.78, 5) is 24.3. The summed E-state index contributed by atoms with van der Waals surface area (Å²) in [6.45, 7) is 0.851. The minimum Gasteiger partial charge on any atom is -0.478 e. The molecule has 0 bridgehead atoms. The first-order chi connectivity index (χ1) is 10.8. The van der Waals surface area contributed by atoms with Crippen LogP contribution in [0.15, 0.2) is 15.0 Å². The van der Waals surface area contributed by atoms with Gasteiger partial charge in [-0.15, -0.1) is 12.6 Å². The molecule has 11 heteroatoms. The molecular formula is C12H16N4O6S. The van der Waals surface area contributed by atoms with E-state index in [0.29, 0.717) is 5.71 Å². The number of nitrogens with zero attached hydrogens (tertiary/aromatic N) is 4. The second kappa shape index (κ2) is 5.24. The fourth-order valence-electron chi connectivity index (χ4n) is 2.88. The molecule has 5 atom stereocenters. The Morgan fingerprint density at radius 2 is 2.26 bits per heavy atom. The highest BCUT2D eigenvalue weighted by molar-refractivity contribution is 7.83. The first-order valence-electron chi connectivity index (χ1n) is 6.80. The lowest BCUT2D eigenvalue weighted by atomic mass is 10.00. The molecule has 1 fully saturated rings. The van der Waals surface area contributed by atoms with Crippen LogP contribution in [0, 0.1) is 0 Å². The molecule has 0 aromatic heterocycles. The van der Waals surface area contributed by atoms with Crippen LogP contribution in [0.25, 0.3) is 0 Å². The van der Waals surface area contributed by atoms with E-state index in [0.717, 1.165) is 4.90 Å². The number of aliphatic imine (C=N–C) groups is 3. The van der Waals surface area contributed by atoms with E-state index in [-0.39, 0.29) is 12.5 Å². The molecule has 3 heterocycles. The summed E-state index contributed by atoms with van der Waals surface area (Å²) < 4.78 is 5.34. The van der Waals surface area contributed by atoms with E-state index < -0.39 is 41.5 Å². The van der Waals surface area contributed by atoms with E-state index in [4.69, 9.17) is 4.74 Å². The van der Waals surface area contributed by atoms with Gasteiger partial charge < -0.3 is 25.2 Å². The Bertz CT molecular complexity index is 635. The third-order valence-electron chi connectivity index (χ3n) is 4.10. The number of carboxylic acids is 1. The van der Waals surface area contributed by atoms with Gasteiger partial charge in [0.05, 0.1) is 6.61 Å². The molecule has 0 aromatic carbocycles. The first kappa shape index (κ1) is 16.3. The van der Waals surface area contributed by atoms with Gasteiger partial charge in [0.1, 0.15) is 41.9 Å². The Balaban J connectivity index is 2.04. The third kappa shape index (κ3) is 2.11. The number of rotatable bonds is 3. The van der Waals surface area contributed by atoms with Crippen LogP contribution >= 0.6 is 12.6 Å². The smallest absolute Gasteiger partial charge is 0.360 e. The Labute approximate surface area is 136 Å². The van der Waals surface area contributed by atoms with Gasteiger partial charge in [0.2, 0.25) is 0 Å². The molecule has 0 saturated carbocycles. The van der Waals surface area contributed by atoms with Crippen LogP contribution in [0.3, 0.4) is 0 Å². The van der Waals surface area contributed by atoms with Crippen molar-refractivity contribution in [1.82, 2.24) is 4.90 Å². The van der Waals surface area contributed by atoms with Gasteiger partial charge in [0.15, 0.2) is 5.84 Å². The fraction of sp³-hybridized carbons (Fsp3) is 0.667. The van der Waals surface area contributed by atoms with Crippen molar-refractivity contribution in [3.8, 4) is 0 Å². The van der Waals surface area contributed by atoms with E-state index in [1.54, 1.807) is 6.92 Å². The van der Waals surface area contributed by atoms with Gasteiger partial charge in [0, 0.05) is 0 Å². The van der Waals surface area contributed by atoms with Crippen molar-refractivity contribution in [3.05, 3.63) is 0 Å². The van der Waals surface area contributed by atoms with Gasteiger partial charge in [0.25, 0.3) is 5.72 Å². The molecule has 0 spiro atoms. The van der Waals surface area contributed by atoms with Crippen LogP contribution in [0.1, 0.15) is 6.92 Å². The molecule has 1 saturated heterocycles. The highest BCUT2D eigenvalue weighted by Crippen LogP contribution is 2.38. The summed E-state index contributed by atoms with van der Waals surface area (Å²) in [7, 11) is 0. The number of hydrogen-bond donors (Lipinski definition) is 5. The number of aliphatic carboxylic acids is 1. The average Bonchev–Trinajstić information content (AvgIpc) is 3.02. The van der Waals surface area contributed by atoms with E-state index in [1.807, 2.05) is 0 Å². The standard InChI is InChI=1S/C12H16N4O6S/c1-11(23)7-9(13-3-15-11)16(4-14-7)12(10(20)21)8(19)6(18)5(2-17)22-12/h3,5-6,8,17-19,23H,2,4H2,1H3,(H,20,21)/t5-,6-,8-,11?,12+/m1/s1. The van der Waals surface area contributed by atoms with Crippen molar-refractivity contribution in [2.75, 3.05) is 13.3 Å². The van der Waals surface area contributed by atoms with E-state index in [9.17, 15) is 25.2 Å². The van der Waals surface area contributed by atoms with Crippen LogP contribution in [0.4, 0.5) is 0 Å². The van der Waals surface area contributed by atoms with Crippen molar-refractivity contribution in [3.63, 3.8) is 0 Å². The quantitative estimate of drug-likeness (QED) is 0.361. The topological polar surface area (TPSA) is 148 Å². The van der Waals surface area contributed by atoms with Gasteiger partial charge in [-0.2, -0.15) is 0 Å². The Morgan fingerprint density at radius 3 is 2.83 bits per heavy atom. The highest BCUT2D eigenvalue weighted by Gasteiger charge is 2.65. The van der Waals surface area contributed by atoms with Crippen molar-refractivity contribution in [1.29, 1.82) is 0 Å². The zero-order chi connectivity index (χ0) is 17.0. The minimum atomic E-state index is -2.31. The monoisotopic (exact) mass is 344 g/mol. The predicted octanol–water partition coefficient (Wildman–Crippen LogP) is -2.32. The summed E-state index contributed by atoms with van der Waals surface area (Å²) >= 11 is 4.35. The molecule has 3 aliphatic rings. The van der Waals surface area contributed by atoms with Crippen LogP contribution in [-0.2, 0) is 9.53 Å². The number of carbonyl (C=O) groups is 1. The highest BCUT2D eigenvalue weighted by atomic mass is 32.1. The lowest BCUT2D eigenvalue weighted by Gasteiger charge is -2.38. The molecule has 0 aromatic rings. The molecule has 10 nitrogen and oxygen atoms in total. The summed E-state index contributed by atoms with van der Waals surface area (Å²) in [6.07, 6.45) is -3.40. The molecule has 3 rings (SSSR count). The Kier molecular flexibility index (Phi) is 3.72. The van der Waals surface area contributed by atoms with Gasteiger partial charge in [-0.1, -0.05) is 0 Å². The fourth-order valence-corrected chi connectivity index (χ4v) is 3.11. The van der Waals surface area contributed by atoms with Crippen LogP contribution in [-0.4, -0.2) is 91.4 Å². The summed E-state index contributed by atoms with van der Waals surface area (Å²) in [5.41, 5.74) is -1.98. The average molecular weight is 344 g/mol. The van der Waals surface area contributed by atoms with Crippen LogP contribution in [0.2, 0.25) is 0 Å². The van der Waals surface area contributed by atoms with E-state index in [1.165, 1.54) is 6.34 Å². The number of fused-ring (bicyclic) bond motifs is 1. The molecular weight excluding hydrogens is 328 g/mol. The van der Waals surface area contributed by atoms with Crippen molar-refractivity contribution >= 4 is 36.5 Å². The second-order valence-electron chi connectivity index (χ2n) is 5.57. The molecule has 23 heavy (non-hydrogen) atoms. The molecule has 0 aliphatic carbocycles. The zero-order valence-corrected chi connectivity index (χ0v) is 13.0. The summed E-state index contributed by atoms with van der Waals surface area (Å²) in [6, 6.07) is 0. The maximum Gasteiger partial charge on any atom is 0.360 e. The van der Waals surface area contributed by atoms with Crippen molar-refractivity contribution in [2.24, 2.45) is 15.0 Å². The number of carboxylic acid groups (broad SMARTS) is 1. The van der Waals surface area contributed by atoms with E-state index in [2.05, 4.69) is 27.6 Å². The summed E-state index contributed by atoms with van der Waals surface area (Å²) in [5, 5.41) is 39.1. The number of aliphatic hydroxyl groups excluding tert-OH is 3. The first-order valence-corrected chi connectivity index (χ1v) is 7.25. The lowest BCUT2D eigenvalue weighted by Crippen LogP contribution is -2.64. The number of ether oxygens (including phenoxy) is 1. The minimum absolute atomic E-state index is 0.143. The molecule has 1 unspecified atom stereocenters. The third-order valence-corrected chi connectivity index (χ3v) is 4.43. The number of aliphatic hydroxyl groups is 3. The van der Waals surface area contributed by atoms with Crippen molar-refractivity contribution in [2.45, 2.75) is 35.8 Å². The van der Waals surface area contributed by atoms with Crippen LogP contribution < -0.4 is 0 Å². The Hall–Kier alpha value is -1.53. The zero-order valence-electron chi connectivity index (χ0n) is 12.1. The molecule has 0 radical (unpaired) electrons. The number of amidine groups is 1. The van der Waals surface area contributed by atoms with Gasteiger partial charge in [-0.3, -0.25) is 9.89 Å².